The molecule has 57 heavy (non-hydrogen) atoms. The lowest BCUT2D eigenvalue weighted by atomic mass is 9.89. The summed E-state index contributed by atoms with van der Waals surface area (Å²) in [6.45, 7) is 10.6. The van der Waals surface area contributed by atoms with Crippen molar-refractivity contribution in [3.8, 4) is 12.3 Å². The maximum absolute atomic E-state index is 14.4. The Morgan fingerprint density at radius 3 is 1.47 bits per heavy atom. The van der Waals surface area contributed by atoms with Crippen LogP contribution in [0.25, 0.3) is 0 Å². The summed E-state index contributed by atoms with van der Waals surface area (Å²) in [4.78, 5) is 41.2. The van der Waals surface area contributed by atoms with Crippen LogP contribution in [-0.2, 0) is 38.0 Å². The van der Waals surface area contributed by atoms with Crippen molar-refractivity contribution in [1.82, 2.24) is 0 Å². The maximum atomic E-state index is 14.4. The van der Waals surface area contributed by atoms with Crippen LogP contribution in [0.4, 0.5) is 0 Å². The summed E-state index contributed by atoms with van der Waals surface area (Å²) < 4.78 is 64.9. The minimum Gasteiger partial charge on any atom is -0.452 e. The number of hydrogen-bond donors (Lipinski definition) is 0. The third-order valence-corrected chi connectivity index (χ3v) is 10.8. The van der Waals surface area contributed by atoms with Crippen LogP contribution in [0.5, 0.6) is 0 Å². The summed E-state index contributed by atoms with van der Waals surface area (Å²) in [5.74, 6) is -0.464. The molecule has 1 unspecified atom stereocenters. The molecule has 0 radical (unpaired) electrons. The lowest BCUT2D eigenvalue weighted by Crippen LogP contribution is -2.63. The van der Waals surface area contributed by atoms with Crippen LogP contribution in [0.15, 0.2) is 108 Å². The molecule has 300 valence electrons. The number of hydrogen-bond acceptors (Lipinski definition) is 11. The Kier molecular flexibility index (Phi) is 14.4. The zero-order valence-corrected chi connectivity index (χ0v) is 33.6. The van der Waals surface area contributed by atoms with Crippen molar-refractivity contribution < 1.29 is 50.7 Å². The molecule has 0 N–H and O–H groups in total. The molecule has 4 aromatic rings. The van der Waals surface area contributed by atoms with Crippen molar-refractivity contribution in [1.29, 1.82) is 0 Å². The molecule has 5 atom stereocenters. The first-order valence-corrected chi connectivity index (χ1v) is 20.2. The van der Waals surface area contributed by atoms with Gasteiger partial charge in [0.2, 0.25) is 0 Å². The maximum Gasteiger partial charge on any atom is 0.338 e. The largest absolute Gasteiger partial charge is 0.452 e. The minimum absolute atomic E-state index is 0.0346. The van der Waals surface area contributed by atoms with Gasteiger partial charge in [-0.25, -0.2) is 14.4 Å². The van der Waals surface area contributed by atoms with E-state index >= 15 is 0 Å². The van der Waals surface area contributed by atoms with Crippen molar-refractivity contribution in [2.75, 3.05) is 13.2 Å². The molecule has 1 aliphatic rings. The highest BCUT2D eigenvalue weighted by atomic mass is 32.2. The summed E-state index contributed by atoms with van der Waals surface area (Å²) in [6, 6.07) is 27.8. The second kappa shape index (κ2) is 19.2. The quantitative estimate of drug-likeness (QED) is 0.0504. The van der Waals surface area contributed by atoms with Crippen LogP contribution < -0.4 is 0 Å². The van der Waals surface area contributed by atoms with Crippen molar-refractivity contribution in [2.45, 2.75) is 94.9 Å². The van der Waals surface area contributed by atoms with Gasteiger partial charge < -0.3 is 23.7 Å². The van der Waals surface area contributed by atoms with Crippen molar-refractivity contribution in [3.05, 3.63) is 137 Å². The number of carbonyl (C=O) groups is 3. The van der Waals surface area contributed by atoms with E-state index in [1.807, 2.05) is 53.7 Å². The molecule has 11 nitrogen and oxygen atoms in total. The molecule has 0 saturated carbocycles. The SMILES string of the molecule is C#CCO[C@@H]1O[C@H](COS(=O)(=O)c2c(C(C)C)cc(C(C)C)cc2C(C)C)C(OC(=O)c2ccccc2)[C@H](OC(=O)c2ccccc2)[C@@H]1OC(=O)c1ccccc1. The summed E-state index contributed by atoms with van der Waals surface area (Å²) in [5, 5.41) is 0. The first-order chi connectivity index (χ1) is 27.2. The fourth-order valence-corrected chi connectivity index (χ4v) is 7.97. The average Bonchev–Trinajstić information content (AvgIpc) is 3.21. The number of rotatable bonds is 15. The molecule has 0 aliphatic carbocycles. The highest BCUT2D eigenvalue weighted by molar-refractivity contribution is 7.86. The summed E-state index contributed by atoms with van der Waals surface area (Å²) >= 11 is 0. The van der Waals surface area contributed by atoms with Gasteiger partial charge in [-0.15, -0.1) is 6.42 Å². The van der Waals surface area contributed by atoms with Crippen molar-refractivity contribution >= 4 is 28.0 Å². The predicted octanol–water partition coefficient (Wildman–Crippen LogP) is 7.81. The molecule has 1 saturated heterocycles. The standard InChI is InChI=1S/C45H48O11S/c1-8-24-51-45-40(56-44(48)33-22-16-11-17-23-33)39(55-43(47)32-20-14-10-15-21-32)38(54-42(46)31-18-12-9-13-19-31)37(53-45)27-52-57(49,50)41-35(29(4)5)25-34(28(2)3)26-36(41)30(6)7/h1,9-23,25-26,28-30,37-40,45H,24,27H2,2-7H3/t37-,38?,39+,40+,45-/m1/s1. The van der Waals surface area contributed by atoms with Gasteiger partial charge in [0.25, 0.3) is 10.1 Å². The Hall–Kier alpha value is -5.32. The van der Waals surface area contributed by atoms with E-state index in [2.05, 4.69) is 5.92 Å². The lowest BCUT2D eigenvalue weighted by Gasteiger charge is -2.44. The molecule has 1 fully saturated rings. The van der Waals surface area contributed by atoms with Gasteiger partial charge in [-0.2, -0.15) is 8.42 Å². The smallest absolute Gasteiger partial charge is 0.338 e. The molecule has 0 spiro atoms. The Morgan fingerprint density at radius 1 is 0.649 bits per heavy atom. The molecule has 1 heterocycles. The van der Waals surface area contributed by atoms with Gasteiger partial charge in [-0.1, -0.05) is 114 Å². The van der Waals surface area contributed by atoms with Gasteiger partial charge in [0.15, 0.2) is 24.6 Å². The third-order valence-electron chi connectivity index (χ3n) is 9.40. The van der Waals surface area contributed by atoms with E-state index in [9.17, 15) is 22.8 Å². The normalized spacial score (nSPS) is 19.5. The van der Waals surface area contributed by atoms with Crippen LogP contribution in [0.2, 0.25) is 0 Å². The first-order valence-electron chi connectivity index (χ1n) is 18.8. The Morgan fingerprint density at radius 2 is 1.07 bits per heavy atom. The summed E-state index contributed by atoms with van der Waals surface area (Å²) in [6.07, 6.45) is -2.29. The minimum atomic E-state index is -4.53. The molecule has 4 aromatic carbocycles. The number of terminal acetylenes is 1. The molecule has 0 bridgehead atoms. The van der Waals surface area contributed by atoms with Crippen molar-refractivity contribution in [2.24, 2.45) is 0 Å². The molecule has 5 rings (SSSR count). The van der Waals surface area contributed by atoms with Gasteiger partial charge in [0.1, 0.15) is 17.6 Å². The van der Waals surface area contributed by atoms with E-state index < -0.39 is 65.3 Å². The summed E-state index contributed by atoms with van der Waals surface area (Å²) in [7, 11) is -4.53. The molecular weight excluding hydrogens is 749 g/mol. The summed E-state index contributed by atoms with van der Waals surface area (Å²) in [5.41, 5.74) is 2.57. The van der Waals surface area contributed by atoms with E-state index in [0.29, 0.717) is 11.1 Å². The fourth-order valence-electron chi connectivity index (χ4n) is 6.37. The number of benzene rings is 4. The van der Waals surface area contributed by atoms with Crippen LogP contribution in [0.1, 0.15) is 107 Å². The second-order valence-electron chi connectivity index (χ2n) is 14.5. The topological polar surface area (TPSA) is 141 Å². The van der Waals surface area contributed by atoms with E-state index in [0.717, 1.165) is 5.56 Å². The van der Waals surface area contributed by atoms with Gasteiger partial charge >= 0.3 is 17.9 Å². The van der Waals surface area contributed by atoms with Gasteiger partial charge in [0, 0.05) is 0 Å². The molecule has 12 heteroatoms. The predicted molar refractivity (Wildman–Crippen MR) is 212 cm³/mol. The molecule has 0 aromatic heterocycles. The van der Waals surface area contributed by atoms with Crippen LogP contribution >= 0.6 is 0 Å². The Balaban J connectivity index is 1.61. The zero-order chi connectivity index (χ0) is 41.3. The van der Waals surface area contributed by atoms with Gasteiger partial charge in [-0.05, 0) is 70.8 Å². The molecule has 0 amide bonds. The second-order valence-corrected chi connectivity index (χ2v) is 16.0. The highest BCUT2D eigenvalue weighted by Gasteiger charge is 2.54. The Labute approximate surface area is 334 Å². The van der Waals surface area contributed by atoms with E-state index in [1.165, 1.54) is 36.4 Å². The van der Waals surface area contributed by atoms with Gasteiger partial charge in [-0.3, -0.25) is 4.18 Å². The molecule has 1 aliphatic heterocycles. The zero-order valence-electron chi connectivity index (χ0n) is 32.8. The lowest BCUT2D eigenvalue weighted by molar-refractivity contribution is -0.294. The van der Waals surface area contributed by atoms with Crippen LogP contribution in [-0.4, -0.2) is 70.2 Å². The van der Waals surface area contributed by atoms with E-state index in [4.69, 9.17) is 34.3 Å². The Bertz CT molecular complexity index is 2110. The third kappa shape index (κ3) is 10.6. The monoisotopic (exact) mass is 796 g/mol. The first kappa shape index (κ1) is 42.8. The van der Waals surface area contributed by atoms with E-state index in [-0.39, 0.29) is 45.9 Å². The highest BCUT2D eigenvalue weighted by Crippen LogP contribution is 2.37. The number of carbonyl (C=O) groups excluding carboxylic acids is 3. The van der Waals surface area contributed by atoms with Crippen LogP contribution in [0.3, 0.4) is 0 Å². The average molecular weight is 797 g/mol. The van der Waals surface area contributed by atoms with Crippen LogP contribution in [0, 0.1) is 12.3 Å². The number of esters is 3. The van der Waals surface area contributed by atoms with Crippen molar-refractivity contribution in [3.63, 3.8) is 0 Å². The van der Waals surface area contributed by atoms with E-state index in [1.54, 1.807) is 54.6 Å². The van der Waals surface area contributed by atoms with Gasteiger partial charge in [0.05, 0.1) is 23.3 Å². The molecular formula is C45H48O11S. The number of ether oxygens (including phenoxy) is 5. The fraction of sp³-hybridized carbons (Fsp3) is 0.356.